The number of nitrogens with zero attached hydrogens (tertiary/aromatic N) is 4. The van der Waals surface area contributed by atoms with Gasteiger partial charge in [-0.1, -0.05) is 31.2 Å². The summed E-state index contributed by atoms with van der Waals surface area (Å²) in [6.45, 7) is 7.07. The Morgan fingerprint density at radius 2 is 1.76 bits per heavy atom. The molecule has 10 heteroatoms. The Balaban J connectivity index is 1.40. The van der Waals surface area contributed by atoms with Crippen LogP contribution in [0.25, 0.3) is 10.9 Å². The molecule has 37 heavy (non-hydrogen) atoms. The highest BCUT2D eigenvalue weighted by molar-refractivity contribution is 7.90. The summed E-state index contributed by atoms with van der Waals surface area (Å²) in [4.78, 5) is 28.2. The van der Waals surface area contributed by atoms with Gasteiger partial charge in [-0.05, 0) is 56.5 Å². The van der Waals surface area contributed by atoms with Crippen LogP contribution in [0.2, 0.25) is 0 Å². The van der Waals surface area contributed by atoms with E-state index in [0.29, 0.717) is 23.0 Å². The molecule has 1 aromatic carbocycles. The Morgan fingerprint density at radius 1 is 1.03 bits per heavy atom. The Bertz CT molecular complexity index is 1580. The predicted molar refractivity (Wildman–Crippen MR) is 140 cm³/mol. The third-order valence-corrected chi connectivity index (χ3v) is 8.22. The summed E-state index contributed by atoms with van der Waals surface area (Å²) in [6, 6.07) is 16.7. The normalized spacial score (nSPS) is 17.1. The smallest absolute Gasteiger partial charge is 0.281 e. The molecule has 1 atom stereocenters. The highest BCUT2D eigenvalue weighted by Gasteiger charge is 2.40. The molecule has 0 spiro atoms. The monoisotopic (exact) mass is 517 g/mol. The second kappa shape index (κ2) is 9.44. The number of hydrogen-bond acceptors (Lipinski definition) is 8. The van der Waals surface area contributed by atoms with Gasteiger partial charge in [-0.25, -0.2) is 9.71 Å². The first-order chi connectivity index (χ1) is 17.7. The van der Waals surface area contributed by atoms with Gasteiger partial charge in [-0.15, -0.1) is 0 Å². The largest absolute Gasteiger partial charge is 0.437 e. The summed E-state index contributed by atoms with van der Waals surface area (Å²) >= 11 is 0. The van der Waals surface area contributed by atoms with E-state index in [9.17, 15) is 13.2 Å². The van der Waals surface area contributed by atoms with Gasteiger partial charge >= 0.3 is 0 Å². The zero-order valence-corrected chi connectivity index (χ0v) is 21.6. The highest BCUT2D eigenvalue weighted by Crippen LogP contribution is 2.38. The van der Waals surface area contributed by atoms with E-state index in [2.05, 4.69) is 45.3 Å². The van der Waals surface area contributed by atoms with Crippen LogP contribution >= 0.6 is 0 Å². The second-order valence-corrected chi connectivity index (χ2v) is 11.2. The quantitative estimate of drug-likeness (QED) is 0.396. The van der Waals surface area contributed by atoms with Gasteiger partial charge in [0.15, 0.2) is 10.8 Å². The number of benzene rings is 1. The molecule has 1 aliphatic heterocycles. The van der Waals surface area contributed by atoms with E-state index < -0.39 is 15.9 Å². The fourth-order valence-electron chi connectivity index (χ4n) is 4.50. The summed E-state index contributed by atoms with van der Waals surface area (Å²) in [7, 11) is -4.30. The molecule has 3 aromatic heterocycles. The summed E-state index contributed by atoms with van der Waals surface area (Å²) in [5.41, 5.74) is 0.575. The Hall–Kier alpha value is -4.05. The first kappa shape index (κ1) is 24.6. The molecule has 4 aromatic rings. The van der Waals surface area contributed by atoms with Crippen molar-refractivity contribution in [2.24, 2.45) is 5.92 Å². The number of anilines is 1. The van der Waals surface area contributed by atoms with E-state index in [1.54, 1.807) is 36.7 Å². The zero-order valence-electron chi connectivity index (χ0n) is 20.7. The molecule has 0 radical (unpaired) electrons. The van der Waals surface area contributed by atoms with Gasteiger partial charge in [0, 0.05) is 35.9 Å². The number of sulfonamides is 1. The molecule has 1 saturated heterocycles. The molecule has 0 bridgehead atoms. The minimum atomic E-state index is -4.30. The maximum Gasteiger partial charge on any atom is 0.281 e. The third kappa shape index (κ3) is 4.72. The molecule has 1 unspecified atom stereocenters. The molecule has 0 aliphatic carbocycles. The summed E-state index contributed by atoms with van der Waals surface area (Å²) < 4.78 is 34.3. The number of amides is 1. The van der Waals surface area contributed by atoms with Crippen molar-refractivity contribution in [1.82, 2.24) is 19.7 Å². The van der Waals surface area contributed by atoms with Gasteiger partial charge in [0.2, 0.25) is 5.88 Å². The number of ether oxygens (including phenoxy) is 1. The van der Waals surface area contributed by atoms with Crippen molar-refractivity contribution in [2.45, 2.75) is 37.8 Å². The van der Waals surface area contributed by atoms with Crippen LogP contribution in [0, 0.1) is 5.92 Å². The van der Waals surface area contributed by atoms with Gasteiger partial charge in [-0.3, -0.25) is 9.78 Å². The van der Waals surface area contributed by atoms with Crippen molar-refractivity contribution in [2.75, 3.05) is 11.4 Å². The maximum absolute atomic E-state index is 13.2. The lowest BCUT2D eigenvalue weighted by molar-refractivity contribution is 0.0981. The van der Waals surface area contributed by atoms with Gasteiger partial charge in [0.1, 0.15) is 11.3 Å². The van der Waals surface area contributed by atoms with E-state index in [0.717, 1.165) is 18.4 Å². The second-order valence-electron chi connectivity index (χ2n) is 9.55. The van der Waals surface area contributed by atoms with Gasteiger partial charge in [0.25, 0.3) is 15.9 Å². The molecule has 1 N–H and O–H groups in total. The van der Waals surface area contributed by atoms with Gasteiger partial charge < -0.3 is 9.64 Å². The van der Waals surface area contributed by atoms with Crippen molar-refractivity contribution in [3.8, 4) is 11.6 Å². The summed E-state index contributed by atoms with van der Waals surface area (Å²) in [5, 5.41) is 0.533. The van der Waals surface area contributed by atoms with E-state index in [1.807, 2.05) is 24.3 Å². The molecule has 5 rings (SSSR count). The topological polar surface area (TPSA) is 114 Å². The Morgan fingerprint density at radius 3 is 2.54 bits per heavy atom. The average Bonchev–Trinajstić information content (AvgIpc) is 3.16. The van der Waals surface area contributed by atoms with Crippen molar-refractivity contribution >= 4 is 32.7 Å². The number of carbonyl (C=O) groups excluding carboxylic acids is 1. The van der Waals surface area contributed by atoms with Gasteiger partial charge in [0.05, 0.1) is 5.56 Å². The van der Waals surface area contributed by atoms with Crippen LogP contribution < -0.4 is 14.4 Å². The number of carbonyl (C=O) groups is 1. The third-order valence-electron chi connectivity index (χ3n) is 6.98. The molecule has 9 nitrogen and oxygen atoms in total. The van der Waals surface area contributed by atoms with E-state index in [-0.39, 0.29) is 22.0 Å². The molecule has 190 valence electrons. The highest BCUT2D eigenvalue weighted by atomic mass is 32.2. The van der Waals surface area contributed by atoms with E-state index >= 15 is 0 Å². The van der Waals surface area contributed by atoms with Crippen LogP contribution in [0.3, 0.4) is 0 Å². The van der Waals surface area contributed by atoms with E-state index in [4.69, 9.17) is 4.74 Å². The minimum Gasteiger partial charge on any atom is -0.437 e. The number of rotatable bonds is 6. The Kier molecular flexibility index (Phi) is 6.28. The molecule has 1 aliphatic rings. The Labute approximate surface area is 215 Å². The minimum absolute atomic E-state index is 0.0587. The number of aromatic nitrogens is 3. The number of para-hydroxylation sites is 1. The standard InChI is InChI=1S/C27H27N5O4S/c1-18-14-17-32(27(18,2)3)25-20(10-7-16-29-25)26(33)31-37(34,35)23-13-5-12-22(30-23)36-21-11-4-8-19-9-6-15-28-24(19)21/h4-13,15-16,18H,14,17H2,1-3H3,(H,31,33). The average molecular weight is 518 g/mol. The van der Waals surface area contributed by atoms with Crippen molar-refractivity contribution in [3.63, 3.8) is 0 Å². The van der Waals surface area contributed by atoms with Crippen molar-refractivity contribution in [3.05, 3.63) is 78.6 Å². The summed E-state index contributed by atoms with van der Waals surface area (Å²) in [6.07, 6.45) is 4.20. The van der Waals surface area contributed by atoms with Crippen LogP contribution in [0.5, 0.6) is 11.6 Å². The lowest BCUT2D eigenvalue weighted by Gasteiger charge is -2.36. The molecule has 4 heterocycles. The molecular weight excluding hydrogens is 490 g/mol. The fraction of sp³-hybridized carbons (Fsp3) is 0.259. The first-order valence-corrected chi connectivity index (χ1v) is 13.4. The van der Waals surface area contributed by atoms with Crippen LogP contribution in [0.4, 0.5) is 5.82 Å². The number of fused-ring (bicyclic) bond motifs is 1. The van der Waals surface area contributed by atoms with Gasteiger partial charge in [-0.2, -0.15) is 13.4 Å². The van der Waals surface area contributed by atoms with Crippen LogP contribution in [0.1, 0.15) is 37.6 Å². The van der Waals surface area contributed by atoms with Crippen molar-refractivity contribution in [1.29, 1.82) is 0 Å². The number of pyridine rings is 3. The predicted octanol–water partition coefficient (Wildman–Crippen LogP) is 4.56. The van der Waals surface area contributed by atoms with Crippen molar-refractivity contribution < 1.29 is 17.9 Å². The maximum atomic E-state index is 13.2. The first-order valence-electron chi connectivity index (χ1n) is 12.0. The molecule has 0 saturated carbocycles. The lowest BCUT2D eigenvalue weighted by Crippen LogP contribution is -2.43. The van der Waals surface area contributed by atoms with Crippen LogP contribution in [0.15, 0.2) is 78.1 Å². The number of hydrogen-bond donors (Lipinski definition) is 1. The van der Waals surface area contributed by atoms with E-state index in [1.165, 1.54) is 12.1 Å². The van der Waals surface area contributed by atoms with Crippen LogP contribution in [-0.2, 0) is 10.0 Å². The lowest BCUT2D eigenvalue weighted by atomic mass is 9.90. The molecular formula is C27H27N5O4S. The SMILES string of the molecule is CC1CCN(c2ncccc2C(=O)NS(=O)(=O)c2cccc(Oc3cccc4cccnc34)n2)C1(C)C. The summed E-state index contributed by atoms with van der Waals surface area (Å²) in [5.74, 6) is 0.566. The zero-order chi connectivity index (χ0) is 26.2. The molecule has 1 amide bonds. The number of nitrogens with one attached hydrogen (secondary N) is 1. The van der Waals surface area contributed by atoms with Crippen LogP contribution in [-0.4, -0.2) is 41.4 Å². The molecule has 1 fully saturated rings. The fourth-order valence-corrected chi connectivity index (χ4v) is 5.43.